The summed E-state index contributed by atoms with van der Waals surface area (Å²) in [6.45, 7) is 0.628. The maximum Gasteiger partial charge on any atom is 0.230 e. The van der Waals surface area contributed by atoms with Crippen LogP contribution < -0.4 is 5.32 Å². The number of nitrogens with one attached hydrogen (secondary N) is 1. The molecule has 0 saturated heterocycles. The van der Waals surface area contributed by atoms with Gasteiger partial charge in [-0.05, 0) is 35.4 Å². The standard InChI is InChI=1S/C18H18Cl3NOS2/c19-14-4-1-3-13(9-14)10-25-12-18(23)22-7-8-24-11-15-16(20)5-2-6-17(15)21/h1-6,9H,7-8,10-12H2,(H,22,23). The lowest BCUT2D eigenvalue weighted by molar-refractivity contribution is -0.118. The molecule has 0 aliphatic rings. The molecule has 0 aliphatic carbocycles. The molecule has 0 radical (unpaired) electrons. The number of benzene rings is 2. The van der Waals surface area contributed by atoms with E-state index in [0.29, 0.717) is 22.3 Å². The smallest absolute Gasteiger partial charge is 0.230 e. The molecule has 2 aromatic rings. The summed E-state index contributed by atoms with van der Waals surface area (Å²) in [7, 11) is 0. The SMILES string of the molecule is O=C(CSCc1cccc(Cl)c1)NCCSCc1c(Cl)cccc1Cl. The van der Waals surface area contributed by atoms with E-state index < -0.39 is 0 Å². The lowest BCUT2D eigenvalue weighted by Gasteiger charge is -2.08. The van der Waals surface area contributed by atoms with Crippen molar-refractivity contribution in [1.29, 1.82) is 0 Å². The van der Waals surface area contributed by atoms with E-state index in [4.69, 9.17) is 34.8 Å². The first-order valence-electron chi connectivity index (χ1n) is 7.66. The number of amides is 1. The van der Waals surface area contributed by atoms with Crippen LogP contribution in [0.5, 0.6) is 0 Å². The molecule has 0 saturated carbocycles. The number of carbonyl (C=O) groups is 1. The van der Waals surface area contributed by atoms with E-state index in [-0.39, 0.29) is 5.91 Å². The Morgan fingerprint density at radius 3 is 2.40 bits per heavy atom. The zero-order valence-corrected chi connectivity index (χ0v) is 17.3. The van der Waals surface area contributed by atoms with E-state index in [1.165, 1.54) is 0 Å². The lowest BCUT2D eigenvalue weighted by Crippen LogP contribution is -2.27. The van der Waals surface area contributed by atoms with Gasteiger partial charge >= 0.3 is 0 Å². The fourth-order valence-corrected chi connectivity index (χ4v) is 4.66. The molecule has 2 rings (SSSR count). The molecule has 2 nitrogen and oxygen atoms in total. The third kappa shape index (κ3) is 7.71. The van der Waals surface area contributed by atoms with Crippen LogP contribution in [0.2, 0.25) is 15.1 Å². The van der Waals surface area contributed by atoms with Crippen molar-refractivity contribution in [3.05, 3.63) is 68.7 Å². The van der Waals surface area contributed by atoms with E-state index >= 15 is 0 Å². The highest BCUT2D eigenvalue weighted by Gasteiger charge is 2.06. The summed E-state index contributed by atoms with van der Waals surface area (Å²) >= 11 is 21.5. The van der Waals surface area contributed by atoms with Crippen LogP contribution in [0.15, 0.2) is 42.5 Å². The Labute approximate surface area is 172 Å². The van der Waals surface area contributed by atoms with Gasteiger partial charge in [-0.25, -0.2) is 0 Å². The monoisotopic (exact) mass is 433 g/mol. The molecule has 0 aliphatic heterocycles. The fraction of sp³-hybridized carbons (Fsp3) is 0.278. The molecule has 25 heavy (non-hydrogen) atoms. The molecule has 0 aromatic heterocycles. The second kappa shape index (κ2) is 11.2. The van der Waals surface area contributed by atoms with E-state index in [1.807, 2.05) is 42.5 Å². The molecular formula is C18H18Cl3NOS2. The number of rotatable bonds is 9. The van der Waals surface area contributed by atoms with Crippen molar-refractivity contribution < 1.29 is 4.79 Å². The Morgan fingerprint density at radius 1 is 0.960 bits per heavy atom. The van der Waals surface area contributed by atoms with Crippen LogP contribution in [0.3, 0.4) is 0 Å². The average molecular weight is 435 g/mol. The van der Waals surface area contributed by atoms with Gasteiger partial charge in [0, 0.05) is 38.9 Å². The lowest BCUT2D eigenvalue weighted by atomic mass is 10.2. The molecule has 134 valence electrons. The summed E-state index contributed by atoms with van der Waals surface area (Å²) in [5.41, 5.74) is 2.07. The van der Waals surface area contributed by atoms with Crippen molar-refractivity contribution >= 4 is 64.2 Å². The summed E-state index contributed by atoms with van der Waals surface area (Å²) in [6, 6.07) is 13.2. The van der Waals surface area contributed by atoms with Gasteiger partial charge in [0.2, 0.25) is 5.91 Å². The van der Waals surface area contributed by atoms with Crippen LogP contribution in [0, 0.1) is 0 Å². The fourth-order valence-electron chi connectivity index (χ4n) is 2.05. The zero-order chi connectivity index (χ0) is 18.1. The van der Waals surface area contributed by atoms with E-state index in [2.05, 4.69) is 5.32 Å². The molecule has 0 unspecified atom stereocenters. The molecule has 1 N–H and O–H groups in total. The zero-order valence-electron chi connectivity index (χ0n) is 13.4. The molecule has 0 heterocycles. The Balaban J connectivity index is 1.58. The van der Waals surface area contributed by atoms with Crippen LogP contribution in [0.25, 0.3) is 0 Å². The van der Waals surface area contributed by atoms with E-state index in [9.17, 15) is 4.79 Å². The van der Waals surface area contributed by atoms with Crippen LogP contribution in [0.1, 0.15) is 11.1 Å². The van der Waals surface area contributed by atoms with Gasteiger partial charge in [0.05, 0.1) is 5.75 Å². The van der Waals surface area contributed by atoms with E-state index in [1.54, 1.807) is 23.5 Å². The number of hydrogen-bond donors (Lipinski definition) is 1. The van der Waals surface area contributed by atoms with Gasteiger partial charge in [0.25, 0.3) is 0 Å². The minimum atomic E-state index is 0.0448. The van der Waals surface area contributed by atoms with Gasteiger partial charge in [0.1, 0.15) is 0 Å². The van der Waals surface area contributed by atoms with Crippen LogP contribution in [-0.4, -0.2) is 24.0 Å². The first kappa shape index (κ1) is 20.8. The van der Waals surface area contributed by atoms with Crippen molar-refractivity contribution in [2.45, 2.75) is 11.5 Å². The Morgan fingerprint density at radius 2 is 1.68 bits per heavy atom. The summed E-state index contributed by atoms with van der Waals surface area (Å²) in [5, 5.41) is 5.01. The average Bonchev–Trinajstić information content (AvgIpc) is 2.57. The molecule has 1 amide bonds. The predicted octanol–water partition coefficient (Wildman–Crippen LogP) is 5.93. The van der Waals surface area contributed by atoms with Gasteiger partial charge < -0.3 is 5.32 Å². The van der Waals surface area contributed by atoms with Gasteiger partial charge in [0.15, 0.2) is 0 Å². The summed E-state index contributed by atoms with van der Waals surface area (Å²) in [6.07, 6.45) is 0. The highest BCUT2D eigenvalue weighted by molar-refractivity contribution is 7.99. The summed E-state index contributed by atoms with van der Waals surface area (Å²) in [5.74, 6) is 2.80. The maximum atomic E-state index is 11.8. The molecular weight excluding hydrogens is 417 g/mol. The minimum absolute atomic E-state index is 0.0448. The third-order valence-corrected chi connectivity index (χ3v) is 6.20. The number of hydrogen-bond acceptors (Lipinski definition) is 3. The van der Waals surface area contributed by atoms with Crippen LogP contribution in [-0.2, 0) is 16.3 Å². The first-order valence-corrected chi connectivity index (χ1v) is 11.1. The van der Waals surface area contributed by atoms with Gasteiger partial charge in [-0.1, -0.05) is 53.0 Å². The highest BCUT2D eigenvalue weighted by atomic mass is 35.5. The Bertz CT molecular complexity index is 692. The minimum Gasteiger partial charge on any atom is -0.355 e. The second-order valence-electron chi connectivity index (χ2n) is 5.23. The normalized spacial score (nSPS) is 10.7. The van der Waals surface area contributed by atoms with Gasteiger partial charge in [-0.2, -0.15) is 11.8 Å². The third-order valence-electron chi connectivity index (χ3n) is 3.27. The molecule has 7 heteroatoms. The van der Waals surface area contributed by atoms with Crippen LogP contribution >= 0.6 is 58.3 Å². The van der Waals surface area contributed by atoms with Crippen LogP contribution in [0.4, 0.5) is 0 Å². The Hall–Kier alpha value is -0.520. The van der Waals surface area contributed by atoms with Crippen molar-refractivity contribution in [3.63, 3.8) is 0 Å². The van der Waals surface area contributed by atoms with Crippen molar-refractivity contribution in [3.8, 4) is 0 Å². The van der Waals surface area contributed by atoms with Gasteiger partial charge in [-0.3, -0.25) is 4.79 Å². The highest BCUT2D eigenvalue weighted by Crippen LogP contribution is 2.28. The molecule has 0 fully saturated rings. The largest absolute Gasteiger partial charge is 0.355 e. The Kier molecular flexibility index (Phi) is 9.35. The van der Waals surface area contributed by atoms with Crippen molar-refractivity contribution in [2.75, 3.05) is 18.1 Å². The van der Waals surface area contributed by atoms with Crippen molar-refractivity contribution in [2.24, 2.45) is 0 Å². The maximum absolute atomic E-state index is 11.8. The number of thioether (sulfide) groups is 2. The first-order chi connectivity index (χ1) is 12.1. The van der Waals surface area contributed by atoms with Gasteiger partial charge in [-0.15, -0.1) is 11.8 Å². The number of carbonyl (C=O) groups excluding carboxylic acids is 1. The van der Waals surface area contributed by atoms with Crippen molar-refractivity contribution in [1.82, 2.24) is 5.32 Å². The summed E-state index contributed by atoms with van der Waals surface area (Å²) < 4.78 is 0. The second-order valence-corrected chi connectivity index (χ2v) is 8.57. The predicted molar refractivity (Wildman–Crippen MR) is 113 cm³/mol. The number of halogens is 3. The summed E-state index contributed by atoms with van der Waals surface area (Å²) in [4.78, 5) is 11.8. The topological polar surface area (TPSA) is 29.1 Å². The quantitative estimate of drug-likeness (QED) is 0.496. The molecule has 2 aromatic carbocycles. The molecule has 0 bridgehead atoms. The molecule has 0 atom stereocenters. The molecule has 0 spiro atoms. The van der Waals surface area contributed by atoms with E-state index in [0.717, 1.165) is 33.4 Å².